The third-order valence-corrected chi connectivity index (χ3v) is 1.83. The fourth-order valence-corrected chi connectivity index (χ4v) is 0.918. The molecule has 0 spiro atoms. The molecular weight excluding hydrogens is 287 g/mol. The third kappa shape index (κ3) is 19.0. The summed E-state index contributed by atoms with van der Waals surface area (Å²) in [7, 11) is 3.75. The lowest BCUT2D eigenvalue weighted by Gasteiger charge is -2.08. The van der Waals surface area contributed by atoms with Crippen LogP contribution in [0.4, 0.5) is 13.2 Å². The molecule has 0 aliphatic heterocycles. The lowest BCUT2D eigenvalue weighted by Crippen LogP contribution is -2.05. The van der Waals surface area contributed by atoms with Crippen LogP contribution in [0.3, 0.4) is 0 Å². The second-order valence-corrected chi connectivity index (χ2v) is 4.00. The summed E-state index contributed by atoms with van der Waals surface area (Å²) in [5, 5.41) is 2.75. The van der Waals surface area contributed by atoms with Gasteiger partial charge in [0.05, 0.1) is 5.56 Å². The summed E-state index contributed by atoms with van der Waals surface area (Å²) in [6, 6.07) is 3.75. The third-order valence-electron chi connectivity index (χ3n) is 1.83. The molecule has 0 bridgehead atoms. The number of aryl methyl sites for hydroxylation is 2. The largest absolute Gasteiger partial charge is 0.416 e. The monoisotopic (exact) mass is 323 g/mol. The zero-order valence-electron chi connectivity index (χ0n) is 16.1. The van der Waals surface area contributed by atoms with Crippen LogP contribution in [0.15, 0.2) is 18.2 Å². The molecule has 0 saturated carbocycles. The molecule has 0 atom stereocenters. The van der Waals surface area contributed by atoms with Crippen LogP contribution in [0.2, 0.25) is 0 Å². The number of hydrogen-bond acceptors (Lipinski definition) is 1. The van der Waals surface area contributed by atoms with E-state index in [1.165, 1.54) is 12.5 Å². The Kier molecular flexibility index (Phi) is 26.4. The fraction of sp³-hybridized carbons (Fsp3) is 0.667. The van der Waals surface area contributed by atoms with Gasteiger partial charge in [0.15, 0.2) is 0 Å². The van der Waals surface area contributed by atoms with Crippen molar-refractivity contribution in [2.24, 2.45) is 0 Å². The molecule has 0 fully saturated rings. The van der Waals surface area contributed by atoms with Crippen molar-refractivity contribution in [3.8, 4) is 0 Å². The standard InChI is InChI=1S/C9H9F3.C3H8.C2H7N.2C2H6/c1-6-3-4-8(5-7(6)2)9(10,11)12;2*1-3-2;2*1-2/h3-5H,1-2H3;3H2,1-2H3;3H,1-2H3;2*1-2H3. The van der Waals surface area contributed by atoms with Crippen LogP contribution < -0.4 is 5.32 Å². The van der Waals surface area contributed by atoms with E-state index in [0.717, 1.165) is 17.7 Å². The Bertz CT molecular complexity index is 319. The van der Waals surface area contributed by atoms with Crippen LogP contribution in [0, 0.1) is 13.8 Å². The summed E-state index contributed by atoms with van der Waals surface area (Å²) in [6.45, 7) is 15.7. The van der Waals surface area contributed by atoms with Crippen molar-refractivity contribution in [3.05, 3.63) is 34.9 Å². The van der Waals surface area contributed by atoms with Crippen LogP contribution in [-0.2, 0) is 6.18 Å². The minimum Gasteiger partial charge on any atom is -0.323 e. The van der Waals surface area contributed by atoms with Crippen molar-refractivity contribution in [1.29, 1.82) is 0 Å². The van der Waals surface area contributed by atoms with Crippen molar-refractivity contribution in [1.82, 2.24) is 5.32 Å². The number of alkyl halides is 3. The molecule has 0 amide bonds. The van der Waals surface area contributed by atoms with Crippen LogP contribution in [0.5, 0.6) is 0 Å². The van der Waals surface area contributed by atoms with Crippen LogP contribution in [0.1, 0.15) is 64.7 Å². The first-order valence-electron chi connectivity index (χ1n) is 7.97. The molecule has 1 aromatic rings. The van der Waals surface area contributed by atoms with E-state index in [1.807, 2.05) is 41.8 Å². The predicted octanol–water partition coefficient (Wildman–Crippen LogP) is 6.63. The number of rotatable bonds is 0. The minimum absolute atomic E-state index is 0.578. The van der Waals surface area contributed by atoms with E-state index in [9.17, 15) is 13.2 Å². The van der Waals surface area contributed by atoms with E-state index in [1.54, 1.807) is 13.8 Å². The van der Waals surface area contributed by atoms with Gasteiger partial charge < -0.3 is 5.32 Å². The smallest absolute Gasteiger partial charge is 0.323 e. The quantitative estimate of drug-likeness (QED) is 0.565. The molecule has 0 heterocycles. The minimum atomic E-state index is -4.22. The van der Waals surface area contributed by atoms with E-state index < -0.39 is 11.7 Å². The highest BCUT2D eigenvalue weighted by Gasteiger charge is 2.30. The van der Waals surface area contributed by atoms with Gasteiger partial charge >= 0.3 is 6.18 Å². The van der Waals surface area contributed by atoms with Crippen molar-refractivity contribution in [3.63, 3.8) is 0 Å². The highest BCUT2D eigenvalue weighted by Crippen LogP contribution is 2.30. The summed E-state index contributed by atoms with van der Waals surface area (Å²) in [6.07, 6.45) is -2.97. The number of benzene rings is 1. The average molecular weight is 323 g/mol. The van der Waals surface area contributed by atoms with E-state index in [0.29, 0.717) is 5.56 Å². The zero-order chi connectivity index (χ0) is 18.8. The van der Waals surface area contributed by atoms with Crippen molar-refractivity contribution in [2.75, 3.05) is 14.1 Å². The molecule has 0 aliphatic rings. The highest BCUT2D eigenvalue weighted by molar-refractivity contribution is 5.31. The molecule has 0 aromatic heterocycles. The maximum absolute atomic E-state index is 12.1. The van der Waals surface area contributed by atoms with E-state index in [4.69, 9.17) is 0 Å². The molecule has 134 valence electrons. The van der Waals surface area contributed by atoms with Gasteiger partial charge in [0.1, 0.15) is 0 Å². The molecule has 1 N–H and O–H groups in total. The molecular formula is C18H36F3N. The molecule has 0 saturated heterocycles. The Morgan fingerprint density at radius 1 is 0.864 bits per heavy atom. The van der Waals surface area contributed by atoms with Gasteiger partial charge in [-0.2, -0.15) is 13.2 Å². The molecule has 4 heteroatoms. The SMILES string of the molecule is CC.CC.CCC.CNC.Cc1ccc(C(F)(F)F)cc1C. The van der Waals surface area contributed by atoms with Gasteiger partial charge in [-0.3, -0.25) is 0 Å². The van der Waals surface area contributed by atoms with E-state index in [-0.39, 0.29) is 0 Å². The van der Waals surface area contributed by atoms with Gasteiger partial charge in [0.25, 0.3) is 0 Å². The maximum atomic E-state index is 12.1. The molecule has 0 radical (unpaired) electrons. The maximum Gasteiger partial charge on any atom is 0.416 e. The fourth-order valence-electron chi connectivity index (χ4n) is 0.918. The first-order valence-corrected chi connectivity index (χ1v) is 7.97. The summed E-state index contributed by atoms with van der Waals surface area (Å²) < 4.78 is 36.3. The Labute approximate surface area is 136 Å². The first kappa shape index (κ1) is 29.0. The average Bonchev–Trinajstić information content (AvgIpc) is 2.47. The molecule has 1 aromatic carbocycles. The lowest BCUT2D eigenvalue weighted by atomic mass is 10.1. The van der Waals surface area contributed by atoms with Crippen molar-refractivity contribution < 1.29 is 13.2 Å². The van der Waals surface area contributed by atoms with Gasteiger partial charge in [-0.15, -0.1) is 0 Å². The number of nitrogens with one attached hydrogen (secondary N) is 1. The Hall–Kier alpha value is -1.03. The first-order chi connectivity index (χ1) is 10.2. The molecule has 0 aliphatic carbocycles. The van der Waals surface area contributed by atoms with Crippen LogP contribution >= 0.6 is 0 Å². The van der Waals surface area contributed by atoms with Crippen LogP contribution in [0.25, 0.3) is 0 Å². The predicted molar refractivity (Wildman–Crippen MR) is 94.6 cm³/mol. The van der Waals surface area contributed by atoms with Gasteiger partial charge in [0, 0.05) is 0 Å². The zero-order valence-corrected chi connectivity index (χ0v) is 16.1. The Morgan fingerprint density at radius 2 is 1.18 bits per heavy atom. The molecule has 1 rings (SSSR count). The highest BCUT2D eigenvalue weighted by atomic mass is 19.4. The van der Waals surface area contributed by atoms with Crippen LogP contribution in [-0.4, -0.2) is 14.1 Å². The van der Waals surface area contributed by atoms with E-state index >= 15 is 0 Å². The van der Waals surface area contributed by atoms with Crippen molar-refractivity contribution in [2.45, 2.75) is 68.0 Å². The number of halogens is 3. The Balaban J connectivity index is -0.000000136. The van der Waals surface area contributed by atoms with Gasteiger partial charge in [-0.25, -0.2) is 0 Å². The summed E-state index contributed by atoms with van der Waals surface area (Å²) in [5.41, 5.74) is 0.971. The molecule has 1 nitrogen and oxygen atoms in total. The van der Waals surface area contributed by atoms with Gasteiger partial charge in [-0.1, -0.05) is 54.0 Å². The van der Waals surface area contributed by atoms with Gasteiger partial charge in [0.2, 0.25) is 0 Å². The Morgan fingerprint density at radius 3 is 1.41 bits per heavy atom. The summed E-state index contributed by atoms with van der Waals surface area (Å²) >= 11 is 0. The second kappa shape index (κ2) is 20.0. The molecule has 0 unspecified atom stereocenters. The lowest BCUT2D eigenvalue weighted by molar-refractivity contribution is -0.137. The van der Waals surface area contributed by atoms with Gasteiger partial charge in [-0.05, 0) is 51.2 Å². The number of hydrogen-bond donors (Lipinski definition) is 1. The topological polar surface area (TPSA) is 12.0 Å². The van der Waals surface area contributed by atoms with Crippen molar-refractivity contribution >= 4 is 0 Å². The molecule has 22 heavy (non-hydrogen) atoms. The second-order valence-electron chi connectivity index (χ2n) is 4.00. The summed E-state index contributed by atoms with van der Waals surface area (Å²) in [5.74, 6) is 0. The summed E-state index contributed by atoms with van der Waals surface area (Å²) in [4.78, 5) is 0. The van der Waals surface area contributed by atoms with E-state index in [2.05, 4.69) is 19.2 Å². The normalized spacial score (nSPS) is 8.59.